The Morgan fingerprint density at radius 1 is 1.02 bits per heavy atom. The number of thiophene rings is 1. The fourth-order valence-electron chi connectivity index (χ4n) is 5.37. The van der Waals surface area contributed by atoms with Crippen molar-refractivity contribution >= 4 is 33.2 Å². The molecule has 0 bridgehead atoms. The Morgan fingerprint density at radius 2 is 1.73 bits per heavy atom. The number of halogens is 2. The molecule has 0 unspecified atom stereocenters. The number of nitrogens with zero attached hydrogens (tertiary/aromatic N) is 1. The van der Waals surface area contributed by atoms with E-state index in [4.69, 9.17) is 9.47 Å². The number of benzene rings is 3. The van der Waals surface area contributed by atoms with Gasteiger partial charge in [-0.3, -0.25) is 9.18 Å². The van der Waals surface area contributed by atoms with Crippen LogP contribution in [0.3, 0.4) is 0 Å². The van der Waals surface area contributed by atoms with E-state index in [1.807, 2.05) is 24.3 Å². The summed E-state index contributed by atoms with van der Waals surface area (Å²) >= 11 is 1.23. The molecule has 2 heterocycles. The van der Waals surface area contributed by atoms with Crippen molar-refractivity contribution in [2.45, 2.75) is 26.7 Å². The molecule has 1 aliphatic rings. The SMILES string of the molecule is COC(=O)c1ccc2c(Oc3ccc(CC4CN(CCCF)C4)cc3)c(C(=O)c3c(C)cc(F)cc3C)sc2c1. The van der Waals surface area contributed by atoms with Gasteiger partial charge in [0.2, 0.25) is 5.78 Å². The van der Waals surface area contributed by atoms with Gasteiger partial charge in [-0.1, -0.05) is 12.1 Å². The van der Waals surface area contributed by atoms with Crippen LogP contribution in [0.5, 0.6) is 11.5 Å². The maximum absolute atomic E-state index is 14.0. The van der Waals surface area contributed by atoms with Crippen molar-refractivity contribution in [3.63, 3.8) is 0 Å². The molecule has 208 valence electrons. The topological polar surface area (TPSA) is 55.8 Å². The molecule has 0 atom stereocenters. The van der Waals surface area contributed by atoms with Gasteiger partial charge in [-0.05, 0) is 91.8 Å². The molecule has 0 aliphatic carbocycles. The number of methoxy groups -OCH3 is 1. The molecule has 4 aromatic rings. The zero-order valence-electron chi connectivity index (χ0n) is 22.8. The Morgan fingerprint density at radius 3 is 2.38 bits per heavy atom. The van der Waals surface area contributed by atoms with Gasteiger partial charge < -0.3 is 14.4 Å². The largest absolute Gasteiger partial charge is 0.465 e. The molecular weight excluding hydrogens is 532 g/mol. The van der Waals surface area contributed by atoms with Gasteiger partial charge >= 0.3 is 5.97 Å². The zero-order valence-corrected chi connectivity index (χ0v) is 23.6. The van der Waals surface area contributed by atoms with Gasteiger partial charge in [0.25, 0.3) is 0 Å². The van der Waals surface area contributed by atoms with Gasteiger partial charge in [0.1, 0.15) is 16.4 Å². The summed E-state index contributed by atoms with van der Waals surface area (Å²) in [7, 11) is 1.32. The summed E-state index contributed by atoms with van der Waals surface area (Å²) in [6, 6.07) is 15.6. The summed E-state index contributed by atoms with van der Waals surface area (Å²) in [5.41, 5.74) is 3.09. The lowest BCUT2D eigenvalue weighted by molar-refractivity contribution is 0.0600. The van der Waals surface area contributed by atoms with E-state index in [9.17, 15) is 18.4 Å². The number of carbonyl (C=O) groups is 2. The molecule has 3 aromatic carbocycles. The number of rotatable bonds is 10. The Hall–Kier alpha value is -3.62. The summed E-state index contributed by atoms with van der Waals surface area (Å²) in [6.07, 6.45) is 1.53. The number of aryl methyl sites for hydroxylation is 2. The maximum atomic E-state index is 14.0. The third-order valence-corrected chi connectivity index (χ3v) is 8.44. The molecule has 0 radical (unpaired) electrons. The highest BCUT2D eigenvalue weighted by Crippen LogP contribution is 2.42. The van der Waals surface area contributed by atoms with Crippen molar-refractivity contribution in [1.82, 2.24) is 4.90 Å². The van der Waals surface area contributed by atoms with Crippen molar-refractivity contribution in [2.24, 2.45) is 5.92 Å². The van der Waals surface area contributed by atoms with E-state index < -0.39 is 11.8 Å². The van der Waals surface area contributed by atoms with Gasteiger partial charge in [-0.15, -0.1) is 11.3 Å². The molecule has 0 amide bonds. The van der Waals surface area contributed by atoms with Crippen LogP contribution in [0.2, 0.25) is 0 Å². The number of hydrogen-bond donors (Lipinski definition) is 0. The Balaban J connectivity index is 1.44. The first-order valence-corrected chi connectivity index (χ1v) is 14.1. The van der Waals surface area contributed by atoms with Crippen LogP contribution in [0.15, 0.2) is 54.6 Å². The van der Waals surface area contributed by atoms with Crippen molar-refractivity contribution in [3.8, 4) is 11.5 Å². The molecule has 0 N–H and O–H groups in total. The fraction of sp³-hybridized carbons (Fsp3) is 0.312. The summed E-state index contributed by atoms with van der Waals surface area (Å²) < 4.78 is 38.3. The Labute approximate surface area is 236 Å². The van der Waals surface area contributed by atoms with Crippen LogP contribution in [0.1, 0.15) is 48.7 Å². The van der Waals surface area contributed by atoms with Gasteiger partial charge in [0.05, 0.1) is 19.3 Å². The van der Waals surface area contributed by atoms with Crippen molar-refractivity contribution in [3.05, 3.63) is 93.1 Å². The molecule has 5 nitrogen and oxygen atoms in total. The summed E-state index contributed by atoms with van der Waals surface area (Å²) in [4.78, 5) is 28.7. The van der Waals surface area contributed by atoms with Crippen LogP contribution in [0.25, 0.3) is 10.1 Å². The molecule has 1 fully saturated rings. The van der Waals surface area contributed by atoms with Crippen molar-refractivity contribution in [2.75, 3.05) is 33.4 Å². The summed E-state index contributed by atoms with van der Waals surface area (Å²) in [5.74, 6) is 0.424. The molecular formula is C32H31F2NO4S. The Bertz CT molecular complexity index is 1530. The normalized spacial score (nSPS) is 13.8. The van der Waals surface area contributed by atoms with E-state index in [1.165, 1.54) is 36.1 Å². The summed E-state index contributed by atoms with van der Waals surface area (Å²) in [5, 5.41) is 0.699. The van der Waals surface area contributed by atoms with Crippen LogP contribution >= 0.6 is 11.3 Å². The second-order valence-corrected chi connectivity index (χ2v) is 11.4. The van der Waals surface area contributed by atoms with E-state index in [2.05, 4.69) is 4.90 Å². The summed E-state index contributed by atoms with van der Waals surface area (Å²) in [6.45, 7) is 5.94. The first-order chi connectivity index (χ1) is 19.3. The minimum absolute atomic E-state index is 0.260. The minimum Gasteiger partial charge on any atom is -0.465 e. The van der Waals surface area contributed by atoms with Gasteiger partial charge in [-0.25, -0.2) is 9.18 Å². The predicted molar refractivity (Wildman–Crippen MR) is 153 cm³/mol. The molecule has 40 heavy (non-hydrogen) atoms. The van der Waals surface area contributed by atoms with Crippen LogP contribution in [-0.2, 0) is 11.2 Å². The second-order valence-electron chi connectivity index (χ2n) is 10.3. The monoisotopic (exact) mass is 563 g/mol. The quantitative estimate of drug-likeness (QED) is 0.150. The number of fused-ring (bicyclic) bond motifs is 1. The van der Waals surface area contributed by atoms with Crippen LogP contribution < -0.4 is 4.74 Å². The van der Waals surface area contributed by atoms with Crippen LogP contribution in [-0.4, -0.2) is 50.1 Å². The van der Waals surface area contributed by atoms with Gasteiger partial charge in [-0.2, -0.15) is 0 Å². The third kappa shape index (κ3) is 5.78. The van der Waals surface area contributed by atoms with Crippen molar-refractivity contribution < 1.29 is 27.8 Å². The van der Waals surface area contributed by atoms with Crippen LogP contribution in [0, 0.1) is 25.6 Å². The number of esters is 1. The highest BCUT2D eigenvalue weighted by molar-refractivity contribution is 7.21. The molecule has 1 aliphatic heterocycles. The molecule has 0 spiro atoms. The number of ketones is 1. The number of likely N-dealkylation sites (tertiary alicyclic amines) is 1. The maximum Gasteiger partial charge on any atom is 0.337 e. The smallest absolute Gasteiger partial charge is 0.337 e. The molecule has 5 rings (SSSR count). The Kier molecular flexibility index (Phi) is 8.28. The van der Waals surface area contributed by atoms with Crippen LogP contribution in [0.4, 0.5) is 8.78 Å². The van der Waals surface area contributed by atoms with E-state index in [0.717, 1.165) is 26.1 Å². The number of carbonyl (C=O) groups excluding carboxylic acids is 2. The van der Waals surface area contributed by atoms with Gasteiger partial charge in [0, 0.05) is 35.3 Å². The first-order valence-electron chi connectivity index (χ1n) is 13.3. The van der Waals surface area contributed by atoms with Gasteiger partial charge in [0.15, 0.2) is 5.75 Å². The lowest BCUT2D eigenvalue weighted by Crippen LogP contribution is -2.47. The average Bonchev–Trinajstić information content (AvgIpc) is 3.27. The number of alkyl halides is 1. The predicted octanol–water partition coefficient (Wildman–Crippen LogP) is 7.30. The van der Waals surface area contributed by atoms with E-state index >= 15 is 0 Å². The lowest BCUT2D eigenvalue weighted by atomic mass is 9.92. The van der Waals surface area contributed by atoms with E-state index in [-0.39, 0.29) is 12.5 Å². The average molecular weight is 564 g/mol. The molecule has 0 saturated carbocycles. The number of hydrogen-bond acceptors (Lipinski definition) is 6. The zero-order chi connectivity index (χ0) is 28.4. The standard InChI is InChI=1S/C32H31F2NO4S/c1-19-13-24(34)14-20(2)28(19)29(36)31-30(26-10-7-23(32(37)38-3)16-27(26)40-31)39-25-8-5-21(6-9-25)15-22-17-35(18-22)12-4-11-33/h5-10,13-14,16,22H,4,11-12,15,17-18H2,1-3H3. The van der Waals surface area contributed by atoms with Crippen molar-refractivity contribution in [1.29, 1.82) is 0 Å². The first kappa shape index (κ1) is 27.9. The fourth-order valence-corrected chi connectivity index (χ4v) is 6.48. The third-order valence-electron chi connectivity index (χ3n) is 7.30. The number of ether oxygens (including phenoxy) is 2. The lowest BCUT2D eigenvalue weighted by Gasteiger charge is -2.39. The molecule has 1 saturated heterocycles. The molecule has 8 heteroatoms. The van der Waals surface area contributed by atoms with E-state index in [0.29, 0.717) is 61.1 Å². The minimum atomic E-state index is -0.469. The molecule has 1 aromatic heterocycles. The second kappa shape index (κ2) is 11.9. The highest BCUT2D eigenvalue weighted by atomic mass is 32.1. The van der Waals surface area contributed by atoms with E-state index in [1.54, 1.807) is 32.0 Å². The highest BCUT2D eigenvalue weighted by Gasteiger charge is 2.27.